The van der Waals surface area contributed by atoms with Crippen molar-refractivity contribution in [1.29, 1.82) is 0 Å². The van der Waals surface area contributed by atoms with Crippen LogP contribution >= 0.6 is 27.5 Å². The van der Waals surface area contributed by atoms with E-state index in [0.29, 0.717) is 16.1 Å². The van der Waals surface area contributed by atoms with Gasteiger partial charge in [0.25, 0.3) is 0 Å². The first kappa shape index (κ1) is 12.3. The zero-order valence-corrected chi connectivity index (χ0v) is 10.5. The van der Waals surface area contributed by atoms with Gasteiger partial charge in [0.1, 0.15) is 4.48 Å². The molecule has 4 heteroatoms. The molecule has 0 aliphatic carbocycles. The molecular formula is C11H10BrClO2. The van der Waals surface area contributed by atoms with Crippen molar-refractivity contribution in [3.05, 3.63) is 39.3 Å². The van der Waals surface area contributed by atoms with Gasteiger partial charge in [0, 0.05) is 5.02 Å². The number of carbonyl (C=O) groups excluding carboxylic acids is 1. The van der Waals surface area contributed by atoms with Gasteiger partial charge in [0.05, 0.1) is 6.61 Å². The van der Waals surface area contributed by atoms with Crippen molar-refractivity contribution in [3.8, 4) is 0 Å². The highest BCUT2D eigenvalue weighted by atomic mass is 79.9. The molecule has 0 atom stereocenters. The number of carbonyl (C=O) groups is 1. The highest BCUT2D eigenvalue weighted by Crippen LogP contribution is 2.20. The molecule has 0 unspecified atom stereocenters. The van der Waals surface area contributed by atoms with E-state index in [2.05, 4.69) is 15.9 Å². The molecule has 2 nitrogen and oxygen atoms in total. The van der Waals surface area contributed by atoms with Crippen molar-refractivity contribution in [2.45, 2.75) is 6.92 Å². The first-order valence-corrected chi connectivity index (χ1v) is 5.61. The SMILES string of the molecule is CCOC(=O)/C(Br)=C/c1ccccc1Cl. The Morgan fingerprint density at radius 1 is 1.53 bits per heavy atom. The normalized spacial score (nSPS) is 11.3. The van der Waals surface area contributed by atoms with E-state index in [9.17, 15) is 4.79 Å². The van der Waals surface area contributed by atoms with E-state index in [1.54, 1.807) is 19.1 Å². The third-order valence-corrected chi connectivity index (χ3v) is 2.55. The van der Waals surface area contributed by atoms with E-state index in [0.717, 1.165) is 5.56 Å². The van der Waals surface area contributed by atoms with E-state index < -0.39 is 5.97 Å². The molecular weight excluding hydrogens is 279 g/mol. The summed E-state index contributed by atoms with van der Waals surface area (Å²) in [7, 11) is 0. The van der Waals surface area contributed by atoms with Crippen molar-refractivity contribution in [1.82, 2.24) is 0 Å². The van der Waals surface area contributed by atoms with E-state index >= 15 is 0 Å². The first-order valence-electron chi connectivity index (χ1n) is 4.44. The molecule has 15 heavy (non-hydrogen) atoms. The monoisotopic (exact) mass is 288 g/mol. The van der Waals surface area contributed by atoms with Crippen LogP contribution in [0.4, 0.5) is 0 Å². The highest BCUT2D eigenvalue weighted by Gasteiger charge is 2.07. The Bertz CT molecular complexity index is 388. The molecule has 0 amide bonds. The van der Waals surface area contributed by atoms with Crippen LogP contribution in [0.1, 0.15) is 12.5 Å². The lowest BCUT2D eigenvalue weighted by Crippen LogP contribution is -2.02. The molecule has 0 N–H and O–H groups in total. The average Bonchev–Trinajstić information content (AvgIpc) is 2.21. The van der Waals surface area contributed by atoms with Gasteiger partial charge in [-0.1, -0.05) is 29.8 Å². The summed E-state index contributed by atoms with van der Waals surface area (Å²) < 4.78 is 5.18. The van der Waals surface area contributed by atoms with Gasteiger partial charge >= 0.3 is 5.97 Å². The number of esters is 1. The van der Waals surface area contributed by atoms with Crippen molar-refractivity contribution >= 4 is 39.6 Å². The predicted octanol–water partition coefficient (Wildman–Crippen LogP) is 3.64. The number of hydrogen-bond acceptors (Lipinski definition) is 2. The van der Waals surface area contributed by atoms with Gasteiger partial charge in [-0.05, 0) is 40.6 Å². The fourth-order valence-electron chi connectivity index (χ4n) is 0.988. The zero-order valence-electron chi connectivity index (χ0n) is 8.17. The van der Waals surface area contributed by atoms with Gasteiger partial charge in [0.2, 0.25) is 0 Å². The molecule has 0 spiro atoms. The average molecular weight is 290 g/mol. The summed E-state index contributed by atoms with van der Waals surface area (Å²) >= 11 is 9.08. The van der Waals surface area contributed by atoms with Crippen LogP contribution in [0.3, 0.4) is 0 Å². The Labute approximate surface area is 102 Å². The Kier molecular flexibility index (Phi) is 4.85. The number of ether oxygens (including phenoxy) is 1. The number of halogens is 2. The van der Waals surface area contributed by atoms with E-state index in [1.807, 2.05) is 18.2 Å². The van der Waals surface area contributed by atoms with Gasteiger partial charge in [-0.25, -0.2) is 4.79 Å². The summed E-state index contributed by atoms with van der Waals surface area (Å²) in [5, 5.41) is 0.596. The maximum atomic E-state index is 11.3. The van der Waals surface area contributed by atoms with Crippen LogP contribution in [0.2, 0.25) is 5.02 Å². The van der Waals surface area contributed by atoms with Crippen LogP contribution in [-0.2, 0) is 9.53 Å². The Hall–Kier alpha value is -0.800. The van der Waals surface area contributed by atoms with Crippen LogP contribution < -0.4 is 0 Å². The second kappa shape index (κ2) is 5.93. The summed E-state index contributed by atoms with van der Waals surface area (Å²) in [5.41, 5.74) is 0.777. The molecule has 0 aliphatic rings. The second-order valence-electron chi connectivity index (χ2n) is 2.73. The van der Waals surface area contributed by atoms with Crippen molar-refractivity contribution in [2.75, 3.05) is 6.61 Å². The minimum Gasteiger partial charge on any atom is -0.462 e. The lowest BCUT2D eigenvalue weighted by atomic mass is 10.2. The van der Waals surface area contributed by atoms with Gasteiger partial charge in [-0.2, -0.15) is 0 Å². The number of hydrogen-bond donors (Lipinski definition) is 0. The third kappa shape index (κ3) is 3.68. The fraction of sp³-hybridized carbons (Fsp3) is 0.182. The van der Waals surface area contributed by atoms with Gasteiger partial charge in [0.15, 0.2) is 0 Å². The number of rotatable bonds is 3. The third-order valence-electron chi connectivity index (χ3n) is 1.66. The van der Waals surface area contributed by atoms with Crippen LogP contribution in [0.5, 0.6) is 0 Å². The van der Waals surface area contributed by atoms with Gasteiger partial charge in [-0.3, -0.25) is 0 Å². The smallest absolute Gasteiger partial charge is 0.345 e. The molecule has 1 aromatic rings. The maximum Gasteiger partial charge on any atom is 0.345 e. The van der Waals surface area contributed by atoms with E-state index in [-0.39, 0.29) is 0 Å². The molecule has 0 bridgehead atoms. The van der Waals surface area contributed by atoms with Crippen molar-refractivity contribution < 1.29 is 9.53 Å². The molecule has 0 fully saturated rings. The molecule has 0 heterocycles. The minimum atomic E-state index is -0.391. The summed E-state index contributed by atoms with van der Waals surface area (Å²) in [5.74, 6) is -0.391. The summed E-state index contributed by atoms with van der Waals surface area (Å²) in [6.45, 7) is 2.11. The number of benzene rings is 1. The van der Waals surface area contributed by atoms with Gasteiger partial charge in [-0.15, -0.1) is 0 Å². The first-order chi connectivity index (χ1) is 7.15. The molecule has 0 saturated heterocycles. The lowest BCUT2D eigenvalue weighted by Gasteiger charge is -2.01. The summed E-state index contributed by atoms with van der Waals surface area (Å²) in [4.78, 5) is 11.3. The van der Waals surface area contributed by atoms with Gasteiger partial charge < -0.3 is 4.74 Å². The molecule has 80 valence electrons. The quantitative estimate of drug-likeness (QED) is 0.627. The Morgan fingerprint density at radius 3 is 2.80 bits per heavy atom. The highest BCUT2D eigenvalue weighted by molar-refractivity contribution is 9.12. The van der Waals surface area contributed by atoms with Crippen molar-refractivity contribution in [2.24, 2.45) is 0 Å². The lowest BCUT2D eigenvalue weighted by molar-refractivity contribution is -0.137. The van der Waals surface area contributed by atoms with E-state index in [1.165, 1.54) is 0 Å². The van der Waals surface area contributed by atoms with Crippen LogP contribution in [0.15, 0.2) is 28.7 Å². The molecule has 0 radical (unpaired) electrons. The summed E-state index contributed by atoms with van der Waals surface area (Å²) in [6.07, 6.45) is 1.64. The van der Waals surface area contributed by atoms with Crippen molar-refractivity contribution in [3.63, 3.8) is 0 Å². The van der Waals surface area contributed by atoms with Crippen LogP contribution in [0.25, 0.3) is 6.08 Å². The predicted molar refractivity (Wildman–Crippen MR) is 65.0 cm³/mol. The summed E-state index contributed by atoms with van der Waals surface area (Å²) in [6, 6.07) is 7.27. The fourth-order valence-corrected chi connectivity index (χ4v) is 1.54. The van der Waals surface area contributed by atoms with Crippen LogP contribution in [0, 0.1) is 0 Å². The van der Waals surface area contributed by atoms with Crippen LogP contribution in [-0.4, -0.2) is 12.6 Å². The largest absolute Gasteiger partial charge is 0.462 e. The topological polar surface area (TPSA) is 26.3 Å². The Morgan fingerprint density at radius 2 is 2.20 bits per heavy atom. The molecule has 1 rings (SSSR count). The second-order valence-corrected chi connectivity index (χ2v) is 4.00. The molecule has 0 saturated carbocycles. The minimum absolute atomic E-state index is 0.351. The standard InChI is InChI=1S/C11H10BrClO2/c1-2-15-11(14)9(12)7-8-5-3-4-6-10(8)13/h3-7H,2H2,1H3/b9-7-. The zero-order chi connectivity index (χ0) is 11.3. The maximum absolute atomic E-state index is 11.3. The molecule has 0 aromatic heterocycles. The molecule has 0 aliphatic heterocycles. The molecule has 1 aromatic carbocycles. The van der Waals surface area contributed by atoms with E-state index in [4.69, 9.17) is 16.3 Å². The Balaban J connectivity index is 2.88.